The molecule has 0 bridgehead atoms. The molecule has 7 rings (SSSR count). The van der Waals surface area contributed by atoms with Gasteiger partial charge in [0.25, 0.3) is 0 Å². The highest BCUT2D eigenvalue weighted by atomic mass is 19.1. The number of amides is 4. The minimum atomic E-state index is -1.01. The van der Waals surface area contributed by atoms with Gasteiger partial charge in [-0.1, -0.05) is 37.8 Å². The number of nitrogens with zero attached hydrogens (tertiary/aromatic N) is 4. The number of fused-ring (bicyclic) bond motifs is 3. The lowest BCUT2D eigenvalue weighted by molar-refractivity contribution is -0.137. The van der Waals surface area contributed by atoms with Crippen LogP contribution >= 0.6 is 0 Å². The Labute approximate surface area is 335 Å². The topological polar surface area (TPSA) is 184 Å². The number of aryl methyl sites for hydroxylation is 2. The second-order valence-corrected chi connectivity index (χ2v) is 14.9. The van der Waals surface area contributed by atoms with E-state index >= 15 is 4.39 Å². The molecular formula is C42H49FN8O7. The van der Waals surface area contributed by atoms with Crippen LogP contribution in [0.5, 0.6) is 0 Å². The highest BCUT2D eigenvalue weighted by Crippen LogP contribution is 2.40. The van der Waals surface area contributed by atoms with Crippen LogP contribution < -0.4 is 10.6 Å². The summed E-state index contributed by atoms with van der Waals surface area (Å²) in [5, 5.41) is 5.22. The molecule has 2 saturated heterocycles. The molecule has 58 heavy (non-hydrogen) atoms. The predicted molar refractivity (Wildman–Crippen MR) is 212 cm³/mol. The average molecular weight is 797 g/mol. The zero-order valence-electron chi connectivity index (χ0n) is 33.3. The van der Waals surface area contributed by atoms with Crippen molar-refractivity contribution in [2.75, 3.05) is 34.4 Å². The summed E-state index contributed by atoms with van der Waals surface area (Å²) in [6.45, 7) is 8.64. The lowest BCUT2D eigenvalue weighted by Crippen LogP contribution is -2.54. The first kappa shape index (κ1) is 40.2. The van der Waals surface area contributed by atoms with Gasteiger partial charge in [0.1, 0.15) is 35.6 Å². The molecule has 4 aromatic rings. The number of carbonyl (C=O) groups excluding carboxylic acids is 4. The van der Waals surface area contributed by atoms with E-state index in [9.17, 15) is 19.2 Å². The number of methoxy groups -OCH3 is 3. The Hall–Kier alpha value is -6.03. The molecule has 2 aromatic heterocycles. The van der Waals surface area contributed by atoms with Crippen molar-refractivity contribution >= 4 is 24.0 Å². The number of hydrogen-bond acceptors (Lipinski definition) is 9. The van der Waals surface area contributed by atoms with E-state index in [4.69, 9.17) is 19.2 Å². The van der Waals surface area contributed by atoms with Crippen molar-refractivity contribution in [3.8, 4) is 33.6 Å². The van der Waals surface area contributed by atoms with Crippen molar-refractivity contribution in [1.29, 1.82) is 0 Å². The number of nitrogens with one attached hydrogen (secondary N) is 4. The molecule has 4 N–H and O–H groups in total. The van der Waals surface area contributed by atoms with Crippen LogP contribution in [-0.2, 0) is 36.6 Å². The number of hydrogen-bond donors (Lipinski definition) is 4. The Balaban J connectivity index is 1.08. The molecule has 1 aliphatic carbocycles. The third kappa shape index (κ3) is 7.67. The van der Waals surface area contributed by atoms with Gasteiger partial charge in [0.15, 0.2) is 0 Å². The number of likely N-dealkylation sites (tertiary alicyclic amines) is 2. The molecular weight excluding hydrogens is 748 g/mol. The molecule has 4 heterocycles. The number of imidazole rings is 2. The number of rotatable bonds is 11. The van der Waals surface area contributed by atoms with Crippen LogP contribution in [-0.4, -0.2) is 106 Å². The molecule has 16 heteroatoms. The van der Waals surface area contributed by atoms with Crippen LogP contribution in [0.25, 0.3) is 33.6 Å². The van der Waals surface area contributed by atoms with Crippen molar-refractivity contribution in [2.24, 2.45) is 0 Å². The molecule has 2 aromatic carbocycles. The van der Waals surface area contributed by atoms with Crippen molar-refractivity contribution < 1.29 is 37.8 Å². The second-order valence-electron chi connectivity index (χ2n) is 14.9. The van der Waals surface area contributed by atoms with Crippen molar-refractivity contribution in [1.82, 2.24) is 40.4 Å². The van der Waals surface area contributed by atoms with Crippen LogP contribution in [0.15, 0.2) is 54.7 Å². The largest absolute Gasteiger partial charge is 0.453 e. The molecule has 0 saturated carbocycles. The van der Waals surface area contributed by atoms with E-state index in [1.54, 1.807) is 29.0 Å². The Bertz CT molecular complexity index is 2240. The van der Waals surface area contributed by atoms with Crippen LogP contribution in [0.1, 0.15) is 74.5 Å². The molecule has 4 amide bonds. The fraction of sp³-hybridized carbons (Fsp3) is 0.429. The summed E-state index contributed by atoms with van der Waals surface area (Å²) in [6, 6.07) is 8.61. The highest BCUT2D eigenvalue weighted by molar-refractivity contribution is 5.88. The minimum absolute atomic E-state index is 0.156. The maximum atomic E-state index is 15.9. The van der Waals surface area contributed by atoms with Crippen LogP contribution in [0.4, 0.5) is 14.0 Å². The second kappa shape index (κ2) is 16.8. The molecule has 0 radical (unpaired) electrons. The van der Waals surface area contributed by atoms with Crippen LogP contribution in [0.2, 0.25) is 0 Å². The normalized spacial score (nSPS) is 18.9. The van der Waals surface area contributed by atoms with E-state index in [1.165, 1.54) is 27.4 Å². The number of H-pyrrole nitrogens is 2. The predicted octanol–water partition coefficient (Wildman–Crippen LogP) is 5.76. The first-order valence-corrected chi connectivity index (χ1v) is 19.5. The first-order chi connectivity index (χ1) is 28.0. The maximum absolute atomic E-state index is 15.9. The molecule has 306 valence electrons. The van der Waals surface area contributed by atoms with Crippen molar-refractivity contribution in [2.45, 2.75) is 82.6 Å². The van der Waals surface area contributed by atoms with E-state index in [0.29, 0.717) is 48.6 Å². The summed E-state index contributed by atoms with van der Waals surface area (Å²) < 4.78 is 30.8. The number of halogens is 1. The monoisotopic (exact) mass is 796 g/mol. The average Bonchev–Trinajstić information content (AvgIpc) is 4.07. The number of carbonyl (C=O) groups is 4. The highest BCUT2D eigenvalue weighted by Gasteiger charge is 2.41. The van der Waals surface area contributed by atoms with E-state index in [0.717, 1.165) is 65.2 Å². The minimum Gasteiger partial charge on any atom is -0.453 e. The summed E-state index contributed by atoms with van der Waals surface area (Å²) >= 11 is 0. The van der Waals surface area contributed by atoms with Gasteiger partial charge in [-0.25, -0.2) is 23.9 Å². The van der Waals surface area contributed by atoms with E-state index < -0.39 is 42.2 Å². The number of aromatic amines is 2. The number of ether oxygens (including phenoxy) is 3. The van der Waals surface area contributed by atoms with Gasteiger partial charge in [-0.05, 0) is 79.8 Å². The van der Waals surface area contributed by atoms with Crippen LogP contribution in [0, 0.1) is 5.82 Å². The Morgan fingerprint density at radius 1 is 0.914 bits per heavy atom. The van der Waals surface area contributed by atoms with Gasteiger partial charge in [-0.15, -0.1) is 0 Å². The molecule has 15 nitrogen and oxygen atoms in total. The Morgan fingerprint density at radius 2 is 1.64 bits per heavy atom. The van der Waals surface area contributed by atoms with E-state index in [2.05, 4.69) is 38.2 Å². The summed E-state index contributed by atoms with van der Waals surface area (Å²) in [6.07, 6.45) is 3.57. The van der Waals surface area contributed by atoms with Gasteiger partial charge in [-0.2, -0.15) is 0 Å². The van der Waals surface area contributed by atoms with Crippen LogP contribution in [0.3, 0.4) is 0 Å². The zero-order valence-corrected chi connectivity index (χ0v) is 33.3. The molecule has 5 atom stereocenters. The lowest BCUT2D eigenvalue weighted by Gasteiger charge is -2.30. The van der Waals surface area contributed by atoms with E-state index in [1.807, 2.05) is 25.1 Å². The molecule has 3 aliphatic rings. The smallest absolute Gasteiger partial charge is 0.407 e. The van der Waals surface area contributed by atoms with E-state index in [-0.39, 0.29) is 17.9 Å². The number of aromatic nitrogens is 4. The van der Waals surface area contributed by atoms with Crippen molar-refractivity contribution in [3.05, 3.63) is 83.5 Å². The van der Waals surface area contributed by atoms with Gasteiger partial charge < -0.3 is 44.6 Å². The Morgan fingerprint density at radius 3 is 2.34 bits per heavy atom. The number of benzene rings is 2. The fourth-order valence-corrected chi connectivity index (χ4v) is 8.25. The number of alkyl carbamates (subject to hydrolysis) is 2. The summed E-state index contributed by atoms with van der Waals surface area (Å²) in [4.78, 5) is 70.8. The summed E-state index contributed by atoms with van der Waals surface area (Å²) in [5.74, 6) is 0.186. The maximum Gasteiger partial charge on any atom is 0.407 e. The quantitative estimate of drug-likeness (QED) is 0.137. The fourth-order valence-electron chi connectivity index (χ4n) is 8.25. The third-order valence-electron chi connectivity index (χ3n) is 11.5. The van der Waals surface area contributed by atoms with Gasteiger partial charge in [0.2, 0.25) is 11.8 Å². The standard InChI is InChI=1S/C42H49FN8O7/c1-7-30(47-41(54)57-5)39(52)50-17-8-9-33(50)37-45-31-15-12-26-19-24(10-13-27(26)35(31)48-37)25-11-14-28(29(43)20-25)32-21-44-38(46-32)36-22(2)16-18-51(36)40(53)34(23(3)56-4)49-42(55)58-6/h10-11,13-14,19-21,23,30,33-34,36H,2,7-9,12,15-18H2,1,3-6H3,(H,44,46)(H,45,48)(H,47,54)(H,49,55)/t23-,30-,33-,34-,36-/m0/s1. The molecule has 2 fully saturated rings. The lowest BCUT2D eigenvalue weighted by atomic mass is 9.89. The Kier molecular flexibility index (Phi) is 11.7. The first-order valence-electron chi connectivity index (χ1n) is 19.5. The van der Waals surface area contributed by atoms with Gasteiger partial charge in [0.05, 0.1) is 44.0 Å². The zero-order chi connectivity index (χ0) is 41.2. The molecule has 0 unspecified atom stereocenters. The summed E-state index contributed by atoms with van der Waals surface area (Å²) in [5.41, 5.74) is 7.05. The van der Waals surface area contributed by atoms with Gasteiger partial charge in [0, 0.05) is 37.0 Å². The van der Waals surface area contributed by atoms with Gasteiger partial charge >= 0.3 is 12.2 Å². The third-order valence-corrected chi connectivity index (χ3v) is 11.5. The molecule has 2 aliphatic heterocycles. The SMILES string of the molecule is C=C1CCN(C(=O)[C@@H](NC(=O)OC)[C@H](C)OC)[C@@H]1c1ncc(-c2ccc(-c3ccc4c(c3)CCc3[nH]c([C@@H]5CCCN5C(=O)[C@H](CC)NC(=O)OC)nc3-4)cc2F)[nH]1. The summed E-state index contributed by atoms with van der Waals surface area (Å²) in [7, 11) is 3.95. The molecule has 0 spiro atoms. The van der Waals surface area contributed by atoms with Crippen molar-refractivity contribution in [3.63, 3.8) is 0 Å². The van der Waals surface area contributed by atoms with Gasteiger partial charge in [-0.3, -0.25) is 9.59 Å².